The second kappa shape index (κ2) is 9.96. The zero-order valence-electron chi connectivity index (χ0n) is 16.7. The third kappa shape index (κ3) is 6.07. The van der Waals surface area contributed by atoms with E-state index in [4.69, 9.17) is 23.2 Å². The van der Waals surface area contributed by atoms with E-state index < -0.39 is 10.0 Å². The van der Waals surface area contributed by atoms with Crippen LogP contribution < -0.4 is 10.0 Å². The average Bonchev–Trinajstić information content (AvgIpc) is 3.48. The van der Waals surface area contributed by atoms with Gasteiger partial charge in [0.25, 0.3) is 5.91 Å². The second-order valence-corrected chi connectivity index (χ2v) is 10.4. The van der Waals surface area contributed by atoms with Crippen molar-refractivity contribution < 1.29 is 13.2 Å². The molecule has 0 radical (unpaired) electrons. The lowest BCUT2D eigenvalue weighted by molar-refractivity contribution is 0.0912. The maximum atomic E-state index is 12.8. The highest BCUT2D eigenvalue weighted by Crippen LogP contribution is 2.30. The number of sulfonamides is 1. The van der Waals surface area contributed by atoms with Gasteiger partial charge in [0, 0.05) is 18.6 Å². The summed E-state index contributed by atoms with van der Waals surface area (Å²) in [6, 6.07) is 2.85. The van der Waals surface area contributed by atoms with E-state index in [1.54, 1.807) is 0 Å². The van der Waals surface area contributed by atoms with Crippen molar-refractivity contribution in [1.29, 1.82) is 0 Å². The number of piperidine rings is 1. The molecule has 9 heteroatoms. The molecule has 0 unspecified atom stereocenters. The summed E-state index contributed by atoms with van der Waals surface area (Å²) in [5.74, 6) is -0.379. The summed E-state index contributed by atoms with van der Waals surface area (Å²) in [6.45, 7) is 4.78. The number of rotatable bonds is 9. The van der Waals surface area contributed by atoms with Gasteiger partial charge in [0.1, 0.15) is 4.90 Å². The Morgan fingerprint density at radius 1 is 1.17 bits per heavy atom. The van der Waals surface area contributed by atoms with E-state index in [0.717, 1.165) is 51.6 Å². The van der Waals surface area contributed by atoms with E-state index in [9.17, 15) is 13.2 Å². The number of benzene rings is 1. The first-order valence-electron chi connectivity index (χ1n) is 10.4. The van der Waals surface area contributed by atoms with Crippen LogP contribution in [0.4, 0.5) is 0 Å². The van der Waals surface area contributed by atoms with Crippen molar-refractivity contribution in [2.45, 2.75) is 68.8 Å². The molecule has 2 fully saturated rings. The number of likely N-dealkylation sites (tertiary alicyclic amines) is 1. The van der Waals surface area contributed by atoms with Gasteiger partial charge in [-0.3, -0.25) is 9.69 Å². The van der Waals surface area contributed by atoms with Gasteiger partial charge in [0.2, 0.25) is 10.0 Å². The predicted octanol–water partition coefficient (Wildman–Crippen LogP) is 3.82. The van der Waals surface area contributed by atoms with Crippen molar-refractivity contribution in [2.24, 2.45) is 0 Å². The number of nitrogens with one attached hydrogen (secondary N) is 2. The Kier molecular flexibility index (Phi) is 7.84. The molecule has 0 aromatic heterocycles. The largest absolute Gasteiger partial charge is 0.350 e. The molecule has 3 rings (SSSR count). The van der Waals surface area contributed by atoms with Crippen LogP contribution in [-0.4, -0.2) is 50.9 Å². The number of amides is 1. The molecule has 1 aliphatic carbocycles. The van der Waals surface area contributed by atoms with Crippen LogP contribution in [0.1, 0.15) is 62.2 Å². The Morgan fingerprint density at radius 2 is 1.93 bits per heavy atom. The van der Waals surface area contributed by atoms with Crippen LogP contribution in [0.2, 0.25) is 10.0 Å². The van der Waals surface area contributed by atoms with E-state index >= 15 is 0 Å². The summed E-state index contributed by atoms with van der Waals surface area (Å²) < 4.78 is 27.7. The Labute approximate surface area is 183 Å². The Hall–Kier alpha value is -0.860. The van der Waals surface area contributed by atoms with Crippen LogP contribution in [0, 0.1) is 0 Å². The van der Waals surface area contributed by atoms with Gasteiger partial charge >= 0.3 is 0 Å². The molecular weight excluding hydrogens is 433 g/mol. The first-order chi connectivity index (χ1) is 13.8. The number of carbonyl (C=O) groups is 1. The van der Waals surface area contributed by atoms with Gasteiger partial charge in [-0.2, -0.15) is 0 Å². The first-order valence-corrected chi connectivity index (χ1v) is 12.6. The molecule has 6 nitrogen and oxygen atoms in total. The molecule has 1 saturated heterocycles. The van der Waals surface area contributed by atoms with Gasteiger partial charge in [0.15, 0.2) is 0 Å². The average molecular weight is 462 g/mol. The van der Waals surface area contributed by atoms with E-state index in [1.807, 2.05) is 0 Å². The smallest absolute Gasteiger partial charge is 0.252 e. The standard InChI is InChI=1S/C20H29Cl2N3O3S/c1-2-3-9-25-10-5-4-6-15(25)13-23-20(26)16-11-19(18(22)12-17(16)21)29(27,28)24-14-7-8-14/h11-12,14-15,24H,2-10,13H2,1H3,(H,23,26)/t15-/m0/s1. The van der Waals surface area contributed by atoms with E-state index in [2.05, 4.69) is 21.9 Å². The summed E-state index contributed by atoms with van der Waals surface area (Å²) in [7, 11) is -3.78. The maximum absolute atomic E-state index is 12.8. The highest BCUT2D eigenvalue weighted by Gasteiger charge is 2.30. The van der Waals surface area contributed by atoms with Gasteiger partial charge in [-0.25, -0.2) is 13.1 Å². The van der Waals surface area contributed by atoms with E-state index in [0.29, 0.717) is 12.6 Å². The molecule has 2 aliphatic rings. The fourth-order valence-corrected chi connectivity index (χ4v) is 5.81. The molecule has 162 valence electrons. The number of hydrogen-bond donors (Lipinski definition) is 2. The molecular formula is C20H29Cl2N3O3S. The normalized spacial score (nSPS) is 20.6. The summed E-state index contributed by atoms with van der Waals surface area (Å²) in [5.41, 5.74) is 0.128. The topological polar surface area (TPSA) is 78.5 Å². The van der Waals surface area contributed by atoms with Crippen LogP contribution in [-0.2, 0) is 10.0 Å². The number of halogens is 2. The Bertz CT molecular complexity index is 844. The van der Waals surface area contributed by atoms with Gasteiger partial charge in [-0.1, -0.05) is 43.0 Å². The number of unbranched alkanes of at least 4 members (excludes halogenated alkanes) is 1. The fourth-order valence-electron chi connectivity index (χ4n) is 3.65. The molecule has 1 saturated carbocycles. The van der Waals surface area contributed by atoms with Crippen LogP contribution >= 0.6 is 23.2 Å². The molecule has 0 bridgehead atoms. The summed E-state index contributed by atoms with van der Waals surface area (Å²) >= 11 is 12.3. The fraction of sp³-hybridized carbons (Fsp3) is 0.650. The van der Waals surface area contributed by atoms with Crippen molar-refractivity contribution in [3.63, 3.8) is 0 Å². The van der Waals surface area contributed by atoms with Crippen LogP contribution in [0.3, 0.4) is 0 Å². The van der Waals surface area contributed by atoms with Crippen LogP contribution in [0.15, 0.2) is 17.0 Å². The van der Waals surface area contributed by atoms with Gasteiger partial charge in [0.05, 0.1) is 15.6 Å². The summed E-state index contributed by atoms with van der Waals surface area (Å²) in [6.07, 6.45) is 7.29. The third-order valence-electron chi connectivity index (χ3n) is 5.50. The SMILES string of the molecule is CCCCN1CCCC[C@H]1CNC(=O)c1cc(S(=O)(=O)NC2CC2)c(Cl)cc1Cl. The first kappa shape index (κ1) is 22.8. The minimum atomic E-state index is -3.78. The van der Waals surface area contributed by atoms with Crippen LogP contribution in [0.25, 0.3) is 0 Å². The van der Waals surface area contributed by atoms with Crippen molar-refractivity contribution in [1.82, 2.24) is 14.9 Å². The van der Waals surface area contributed by atoms with Crippen molar-refractivity contribution in [3.05, 3.63) is 27.7 Å². The molecule has 2 N–H and O–H groups in total. The molecule has 0 spiro atoms. The third-order valence-corrected chi connectivity index (χ3v) is 7.80. The summed E-state index contributed by atoms with van der Waals surface area (Å²) in [5, 5.41) is 3.10. The number of hydrogen-bond acceptors (Lipinski definition) is 4. The lowest BCUT2D eigenvalue weighted by Gasteiger charge is -2.35. The maximum Gasteiger partial charge on any atom is 0.252 e. The second-order valence-electron chi connectivity index (χ2n) is 7.91. The zero-order chi connectivity index (χ0) is 21.0. The highest BCUT2D eigenvalue weighted by atomic mass is 35.5. The lowest BCUT2D eigenvalue weighted by Crippen LogP contribution is -2.47. The molecule has 1 aromatic rings. The van der Waals surface area contributed by atoms with Crippen molar-refractivity contribution in [3.8, 4) is 0 Å². The van der Waals surface area contributed by atoms with Crippen molar-refractivity contribution in [2.75, 3.05) is 19.6 Å². The van der Waals surface area contributed by atoms with E-state index in [-0.39, 0.29) is 32.5 Å². The minimum Gasteiger partial charge on any atom is -0.350 e. The minimum absolute atomic E-state index is 0.0118. The van der Waals surface area contributed by atoms with Gasteiger partial charge < -0.3 is 5.32 Å². The lowest BCUT2D eigenvalue weighted by atomic mass is 10.0. The molecule has 1 aliphatic heterocycles. The summed E-state index contributed by atoms with van der Waals surface area (Å²) in [4.78, 5) is 15.1. The molecule has 1 aromatic carbocycles. The van der Waals surface area contributed by atoms with E-state index in [1.165, 1.54) is 18.6 Å². The Balaban J connectivity index is 1.70. The molecule has 1 heterocycles. The monoisotopic (exact) mass is 461 g/mol. The molecule has 1 amide bonds. The predicted molar refractivity (Wildman–Crippen MR) is 116 cm³/mol. The molecule has 1 atom stereocenters. The zero-order valence-corrected chi connectivity index (χ0v) is 19.0. The Morgan fingerprint density at radius 3 is 2.62 bits per heavy atom. The van der Waals surface area contributed by atoms with Gasteiger partial charge in [-0.15, -0.1) is 0 Å². The van der Waals surface area contributed by atoms with Crippen molar-refractivity contribution >= 4 is 39.1 Å². The van der Waals surface area contributed by atoms with Gasteiger partial charge in [-0.05, 0) is 57.3 Å². The highest BCUT2D eigenvalue weighted by molar-refractivity contribution is 7.89. The van der Waals surface area contributed by atoms with Crippen LogP contribution in [0.5, 0.6) is 0 Å². The number of carbonyl (C=O) groups excluding carboxylic acids is 1. The number of nitrogens with zero attached hydrogens (tertiary/aromatic N) is 1. The quantitative estimate of drug-likeness (QED) is 0.585. The molecule has 29 heavy (non-hydrogen) atoms.